The van der Waals surface area contributed by atoms with Gasteiger partial charge in [0.25, 0.3) is 0 Å². The van der Waals surface area contributed by atoms with Crippen LogP contribution in [0.25, 0.3) is 0 Å². The van der Waals surface area contributed by atoms with Gasteiger partial charge in [-0.15, -0.1) is 0 Å². The van der Waals surface area contributed by atoms with Crippen molar-refractivity contribution in [2.45, 2.75) is 6.42 Å². The van der Waals surface area contributed by atoms with Crippen LogP contribution in [0.15, 0.2) is 42.5 Å². The fourth-order valence-electron chi connectivity index (χ4n) is 1.51. The van der Waals surface area contributed by atoms with Crippen molar-refractivity contribution < 1.29 is 5.11 Å². The Labute approximate surface area is 104 Å². The molecule has 0 aromatic heterocycles. The van der Waals surface area contributed by atoms with E-state index in [0.29, 0.717) is 16.5 Å². The summed E-state index contributed by atoms with van der Waals surface area (Å²) in [4.78, 5) is 0. The van der Waals surface area contributed by atoms with Gasteiger partial charge in [-0.2, -0.15) is 0 Å². The highest BCUT2D eigenvalue weighted by Gasteiger charge is 2.03. The van der Waals surface area contributed by atoms with Gasteiger partial charge in [-0.1, -0.05) is 41.4 Å². The molecule has 2 rings (SSSR count). The van der Waals surface area contributed by atoms with Gasteiger partial charge in [0.2, 0.25) is 0 Å². The molecule has 0 amide bonds. The Morgan fingerprint density at radius 1 is 0.875 bits per heavy atom. The van der Waals surface area contributed by atoms with Crippen LogP contribution >= 0.6 is 23.2 Å². The van der Waals surface area contributed by atoms with Crippen molar-refractivity contribution in [3.05, 3.63) is 63.6 Å². The van der Waals surface area contributed by atoms with E-state index in [2.05, 4.69) is 0 Å². The summed E-state index contributed by atoms with van der Waals surface area (Å²) in [5, 5.41) is 10.9. The predicted molar refractivity (Wildman–Crippen MR) is 67.4 cm³/mol. The van der Waals surface area contributed by atoms with Gasteiger partial charge in [0.1, 0.15) is 5.75 Å². The third kappa shape index (κ3) is 2.69. The highest BCUT2D eigenvalue weighted by molar-refractivity contribution is 6.30. The lowest BCUT2D eigenvalue weighted by molar-refractivity contribution is 0.469. The summed E-state index contributed by atoms with van der Waals surface area (Å²) < 4.78 is 0. The number of rotatable bonds is 2. The SMILES string of the molecule is Oc1cc(Cl)ccc1Cc1ccc(Cl)cc1. The van der Waals surface area contributed by atoms with Crippen molar-refractivity contribution in [1.82, 2.24) is 0 Å². The summed E-state index contributed by atoms with van der Waals surface area (Å²) in [5.74, 6) is 0.224. The maximum atomic E-state index is 9.70. The lowest BCUT2D eigenvalue weighted by atomic mass is 10.0. The molecule has 0 unspecified atom stereocenters. The van der Waals surface area contributed by atoms with Crippen LogP contribution in [0.3, 0.4) is 0 Å². The lowest BCUT2D eigenvalue weighted by Crippen LogP contribution is -1.88. The molecule has 0 aliphatic heterocycles. The molecule has 0 fully saturated rings. The van der Waals surface area contributed by atoms with E-state index in [1.807, 2.05) is 30.3 Å². The highest BCUT2D eigenvalue weighted by atomic mass is 35.5. The maximum Gasteiger partial charge on any atom is 0.120 e. The molecule has 0 heterocycles. The summed E-state index contributed by atoms with van der Waals surface area (Å²) in [6.45, 7) is 0. The van der Waals surface area contributed by atoms with Crippen molar-refractivity contribution in [3.63, 3.8) is 0 Å². The van der Waals surface area contributed by atoms with E-state index in [1.54, 1.807) is 12.1 Å². The van der Waals surface area contributed by atoms with Crippen LogP contribution < -0.4 is 0 Å². The molecule has 2 aromatic rings. The maximum absolute atomic E-state index is 9.70. The van der Waals surface area contributed by atoms with Crippen LogP contribution in [-0.4, -0.2) is 5.11 Å². The van der Waals surface area contributed by atoms with E-state index >= 15 is 0 Å². The number of aromatic hydroxyl groups is 1. The van der Waals surface area contributed by atoms with Gasteiger partial charge >= 0.3 is 0 Å². The number of halogens is 2. The number of phenols is 1. The fraction of sp³-hybridized carbons (Fsp3) is 0.0769. The molecule has 82 valence electrons. The minimum Gasteiger partial charge on any atom is -0.508 e. The van der Waals surface area contributed by atoms with E-state index in [-0.39, 0.29) is 5.75 Å². The van der Waals surface area contributed by atoms with Gasteiger partial charge in [-0.25, -0.2) is 0 Å². The van der Waals surface area contributed by atoms with E-state index < -0.39 is 0 Å². The first-order valence-electron chi connectivity index (χ1n) is 4.87. The molecule has 0 spiro atoms. The smallest absolute Gasteiger partial charge is 0.120 e. The van der Waals surface area contributed by atoms with Gasteiger partial charge in [-0.3, -0.25) is 0 Å². The van der Waals surface area contributed by atoms with Crippen LogP contribution in [0.5, 0.6) is 5.75 Å². The van der Waals surface area contributed by atoms with Gasteiger partial charge in [-0.05, 0) is 35.4 Å². The molecule has 2 aromatic carbocycles. The quantitative estimate of drug-likeness (QED) is 0.846. The van der Waals surface area contributed by atoms with E-state index in [1.165, 1.54) is 0 Å². The monoisotopic (exact) mass is 252 g/mol. The molecule has 0 saturated carbocycles. The molecule has 0 atom stereocenters. The molecular weight excluding hydrogens is 243 g/mol. The standard InChI is InChI=1S/C13H10Cl2O/c14-11-4-1-9(2-5-11)7-10-3-6-12(15)8-13(10)16/h1-6,8,16H,7H2. The minimum absolute atomic E-state index is 0.224. The fourth-order valence-corrected chi connectivity index (χ4v) is 1.80. The number of hydrogen-bond donors (Lipinski definition) is 1. The topological polar surface area (TPSA) is 20.2 Å². The second-order valence-corrected chi connectivity index (χ2v) is 4.45. The largest absolute Gasteiger partial charge is 0.508 e. The normalized spacial score (nSPS) is 10.4. The second-order valence-electron chi connectivity index (χ2n) is 3.58. The molecule has 0 aliphatic carbocycles. The number of benzene rings is 2. The van der Waals surface area contributed by atoms with Crippen molar-refractivity contribution in [2.24, 2.45) is 0 Å². The number of phenolic OH excluding ortho intramolecular Hbond substituents is 1. The summed E-state index contributed by atoms with van der Waals surface area (Å²) in [6, 6.07) is 12.7. The zero-order chi connectivity index (χ0) is 11.5. The molecule has 1 nitrogen and oxygen atoms in total. The van der Waals surface area contributed by atoms with Crippen LogP contribution in [0, 0.1) is 0 Å². The van der Waals surface area contributed by atoms with Crippen LogP contribution in [0.4, 0.5) is 0 Å². The summed E-state index contributed by atoms with van der Waals surface area (Å²) in [7, 11) is 0. The Balaban J connectivity index is 2.23. The molecule has 0 bridgehead atoms. The first-order valence-corrected chi connectivity index (χ1v) is 5.62. The molecule has 3 heteroatoms. The van der Waals surface area contributed by atoms with E-state index in [9.17, 15) is 5.11 Å². The molecule has 0 aliphatic rings. The van der Waals surface area contributed by atoms with Crippen LogP contribution in [0.1, 0.15) is 11.1 Å². The van der Waals surface area contributed by atoms with Crippen molar-refractivity contribution >= 4 is 23.2 Å². The average Bonchev–Trinajstić information content (AvgIpc) is 2.25. The number of hydrogen-bond acceptors (Lipinski definition) is 1. The zero-order valence-corrected chi connectivity index (χ0v) is 9.96. The summed E-state index contributed by atoms with van der Waals surface area (Å²) in [6.07, 6.45) is 0.667. The second kappa shape index (κ2) is 4.77. The van der Waals surface area contributed by atoms with Gasteiger partial charge in [0.15, 0.2) is 0 Å². The molecule has 16 heavy (non-hydrogen) atoms. The Bertz CT molecular complexity index is 492. The summed E-state index contributed by atoms with van der Waals surface area (Å²) in [5.41, 5.74) is 1.95. The molecular formula is C13H10Cl2O. The lowest BCUT2D eigenvalue weighted by Gasteiger charge is -2.05. The van der Waals surface area contributed by atoms with E-state index in [4.69, 9.17) is 23.2 Å². The highest BCUT2D eigenvalue weighted by Crippen LogP contribution is 2.24. The Hall–Kier alpha value is -1.18. The Kier molecular flexibility index (Phi) is 3.37. The Morgan fingerprint density at radius 2 is 1.50 bits per heavy atom. The van der Waals surface area contributed by atoms with Gasteiger partial charge in [0, 0.05) is 16.5 Å². The van der Waals surface area contributed by atoms with Gasteiger partial charge < -0.3 is 5.11 Å². The van der Waals surface area contributed by atoms with E-state index in [0.717, 1.165) is 11.1 Å². The average molecular weight is 253 g/mol. The first-order chi connectivity index (χ1) is 7.65. The molecule has 0 radical (unpaired) electrons. The zero-order valence-electron chi connectivity index (χ0n) is 8.45. The third-order valence-corrected chi connectivity index (χ3v) is 2.84. The van der Waals surface area contributed by atoms with Crippen LogP contribution in [-0.2, 0) is 6.42 Å². The van der Waals surface area contributed by atoms with Gasteiger partial charge in [0.05, 0.1) is 0 Å². The minimum atomic E-state index is 0.224. The Morgan fingerprint density at radius 3 is 2.12 bits per heavy atom. The van der Waals surface area contributed by atoms with Crippen molar-refractivity contribution in [3.8, 4) is 5.75 Å². The predicted octanol–water partition coefficient (Wildman–Crippen LogP) is 4.29. The first kappa shape index (κ1) is 11.3. The molecule has 0 saturated heterocycles. The summed E-state index contributed by atoms with van der Waals surface area (Å²) >= 11 is 11.6. The third-order valence-electron chi connectivity index (χ3n) is 2.36. The van der Waals surface area contributed by atoms with Crippen LogP contribution in [0.2, 0.25) is 10.0 Å². The van der Waals surface area contributed by atoms with Crippen molar-refractivity contribution in [1.29, 1.82) is 0 Å². The van der Waals surface area contributed by atoms with Crippen molar-refractivity contribution in [2.75, 3.05) is 0 Å². The molecule has 1 N–H and O–H groups in total.